The predicted octanol–water partition coefficient (Wildman–Crippen LogP) is 2.01. The van der Waals surface area contributed by atoms with Crippen LogP contribution in [0.15, 0.2) is 24.8 Å². The summed E-state index contributed by atoms with van der Waals surface area (Å²) in [7, 11) is 0. The van der Waals surface area contributed by atoms with E-state index in [1.807, 2.05) is 13.8 Å². The van der Waals surface area contributed by atoms with Gasteiger partial charge >= 0.3 is 5.97 Å². The Morgan fingerprint density at radius 2 is 2.28 bits per heavy atom. The molecule has 0 aromatic carbocycles. The van der Waals surface area contributed by atoms with Crippen LogP contribution in [0.2, 0.25) is 0 Å². The zero-order chi connectivity index (χ0) is 13.1. The number of carboxylic acids is 1. The second-order valence-corrected chi connectivity index (χ2v) is 4.02. The maximum Gasteiger partial charge on any atom is 0.339 e. The van der Waals surface area contributed by atoms with Gasteiger partial charge in [0.2, 0.25) is 0 Å². The molecule has 0 aliphatic heterocycles. The lowest BCUT2D eigenvalue weighted by Gasteiger charge is -2.07. The zero-order valence-corrected chi connectivity index (χ0v) is 10.2. The monoisotopic (exact) mass is 246 g/mol. The lowest BCUT2D eigenvalue weighted by Crippen LogP contribution is -2.04. The standard InChI is InChI=1S/C12H14N4O2/c1-3-8(2)16-7-9(12(17)18)11(15-16)10-6-13-4-5-14-10/h4-8H,3H2,1-2H3,(H,17,18). The van der Waals surface area contributed by atoms with Crippen molar-refractivity contribution in [3.05, 3.63) is 30.4 Å². The molecule has 0 saturated carbocycles. The van der Waals surface area contributed by atoms with E-state index in [0.29, 0.717) is 11.4 Å². The second kappa shape index (κ2) is 4.95. The Labute approximate surface area is 104 Å². The molecule has 6 nitrogen and oxygen atoms in total. The first-order chi connectivity index (χ1) is 8.63. The molecule has 0 aliphatic rings. The highest BCUT2D eigenvalue weighted by Crippen LogP contribution is 2.21. The summed E-state index contributed by atoms with van der Waals surface area (Å²) in [5, 5.41) is 13.5. The summed E-state index contributed by atoms with van der Waals surface area (Å²) in [5.74, 6) is -1.01. The SMILES string of the molecule is CCC(C)n1cc(C(=O)O)c(-c2cnccn2)n1. The number of carboxylic acid groups (broad SMARTS) is 1. The zero-order valence-electron chi connectivity index (χ0n) is 10.2. The number of carbonyl (C=O) groups is 1. The van der Waals surface area contributed by atoms with Crippen LogP contribution in [0.3, 0.4) is 0 Å². The van der Waals surface area contributed by atoms with Crippen molar-refractivity contribution in [3.63, 3.8) is 0 Å². The van der Waals surface area contributed by atoms with Crippen LogP contribution in [-0.2, 0) is 0 Å². The lowest BCUT2D eigenvalue weighted by molar-refractivity contribution is 0.0697. The minimum absolute atomic E-state index is 0.147. The fraction of sp³-hybridized carbons (Fsp3) is 0.333. The molecule has 2 aromatic heterocycles. The molecule has 0 amide bonds. The molecule has 0 spiro atoms. The van der Waals surface area contributed by atoms with E-state index in [0.717, 1.165) is 6.42 Å². The molecular formula is C12H14N4O2. The third kappa shape index (κ3) is 2.22. The summed E-state index contributed by atoms with van der Waals surface area (Å²) < 4.78 is 1.66. The van der Waals surface area contributed by atoms with Gasteiger partial charge in [-0.25, -0.2) is 4.79 Å². The summed E-state index contributed by atoms with van der Waals surface area (Å²) in [4.78, 5) is 19.2. The van der Waals surface area contributed by atoms with E-state index in [4.69, 9.17) is 0 Å². The Morgan fingerprint density at radius 1 is 1.50 bits per heavy atom. The van der Waals surface area contributed by atoms with Crippen LogP contribution < -0.4 is 0 Å². The Bertz CT molecular complexity index is 550. The van der Waals surface area contributed by atoms with Crippen LogP contribution >= 0.6 is 0 Å². The average Bonchev–Trinajstić information content (AvgIpc) is 2.84. The molecule has 6 heteroatoms. The second-order valence-electron chi connectivity index (χ2n) is 4.02. The average molecular weight is 246 g/mol. The molecule has 2 heterocycles. The molecule has 2 rings (SSSR count). The Hall–Kier alpha value is -2.24. The van der Waals surface area contributed by atoms with Crippen molar-refractivity contribution in [1.29, 1.82) is 0 Å². The van der Waals surface area contributed by atoms with Crippen molar-refractivity contribution >= 4 is 5.97 Å². The Balaban J connectivity index is 2.52. The third-order valence-corrected chi connectivity index (χ3v) is 2.81. The van der Waals surface area contributed by atoms with E-state index >= 15 is 0 Å². The third-order valence-electron chi connectivity index (χ3n) is 2.81. The lowest BCUT2D eigenvalue weighted by atomic mass is 10.2. The van der Waals surface area contributed by atoms with Crippen molar-refractivity contribution in [3.8, 4) is 11.4 Å². The first kappa shape index (κ1) is 12.2. The van der Waals surface area contributed by atoms with Crippen LogP contribution in [0.1, 0.15) is 36.7 Å². The highest BCUT2D eigenvalue weighted by atomic mass is 16.4. The fourth-order valence-electron chi connectivity index (χ4n) is 1.57. The van der Waals surface area contributed by atoms with E-state index in [9.17, 15) is 9.90 Å². The fourth-order valence-corrected chi connectivity index (χ4v) is 1.57. The smallest absolute Gasteiger partial charge is 0.339 e. The van der Waals surface area contributed by atoms with Crippen molar-refractivity contribution in [2.45, 2.75) is 26.3 Å². The number of hydrogen-bond acceptors (Lipinski definition) is 4. The van der Waals surface area contributed by atoms with Gasteiger partial charge in [0.15, 0.2) is 0 Å². The number of nitrogens with zero attached hydrogens (tertiary/aromatic N) is 4. The Morgan fingerprint density at radius 3 is 2.83 bits per heavy atom. The molecule has 0 fully saturated rings. The number of hydrogen-bond donors (Lipinski definition) is 1. The number of aromatic carboxylic acids is 1. The minimum atomic E-state index is -1.01. The number of aromatic nitrogens is 4. The van der Waals surface area contributed by atoms with Gasteiger partial charge in [0.1, 0.15) is 17.0 Å². The van der Waals surface area contributed by atoms with Gasteiger partial charge in [0, 0.05) is 24.6 Å². The molecule has 1 unspecified atom stereocenters. The van der Waals surface area contributed by atoms with Crippen molar-refractivity contribution in [2.75, 3.05) is 0 Å². The summed E-state index contributed by atoms with van der Waals surface area (Å²) in [6.45, 7) is 4.01. The van der Waals surface area contributed by atoms with Gasteiger partial charge in [-0.15, -0.1) is 0 Å². The van der Waals surface area contributed by atoms with Crippen LogP contribution in [0.4, 0.5) is 0 Å². The van der Waals surface area contributed by atoms with Crippen LogP contribution in [0.5, 0.6) is 0 Å². The van der Waals surface area contributed by atoms with Crippen LogP contribution in [-0.4, -0.2) is 30.8 Å². The van der Waals surface area contributed by atoms with E-state index in [1.54, 1.807) is 10.9 Å². The largest absolute Gasteiger partial charge is 0.478 e. The van der Waals surface area contributed by atoms with Crippen molar-refractivity contribution in [2.24, 2.45) is 0 Å². The first-order valence-electron chi connectivity index (χ1n) is 5.72. The van der Waals surface area contributed by atoms with E-state index < -0.39 is 5.97 Å². The van der Waals surface area contributed by atoms with Gasteiger partial charge in [-0.1, -0.05) is 6.92 Å². The van der Waals surface area contributed by atoms with Gasteiger partial charge in [-0.2, -0.15) is 5.10 Å². The minimum Gasteiger partial charge on any atom is -0.478 e. The summed E-state index contributed by atoms with van der Waals surface area (Å²) in [5.41, 5.74) is 0.976. The topological polar surface area (TPSA) is 80.9 Å². The van der Waals surface area contributed by atoms with E-state index in [-0.39, 0.29) is 11.6 Å². The molecule has 0 bridgehead atoms. The van der Waals surface area contributed by atoms with E-state index in [2.05, 4.69) is 15.1 Å². The molecule has 2 aromatic rings. The normalized spacial score (nSPS) is 12.3. The van der Waals surface area contributed by atoms with Gasteiger partial charge in [0.25, 0.3) is 0 Å². The van der Waals surface area contributed by atoms with Gasteiger partial charge in [-0.05, 0) is 13.3 Å². The molecule has 1 N–H and O–H groups in total. The Kier molecular flexibility index (Phi) is 3.36. The summed E-state index contributed by atoms with van der Waals surface area (Å²) in [6, 6.07) is 0.147. The van der Waals surface area contributed by atoms with Gasteiger partial charge in [-0.3, -0.25) is 14.6 Å². The quantitative estimate of drug-likeness (QED) is 0.892. The van der Waals surface area contributed by atoms with Crippen molar-refractivity contribution < 1.29 is 9.90 Å². The van der Waals surface area contributed by atoms with Crippen molar-refractivity contribution in [1.82, 2.24) is 19.7 Å². The van der Waals surface area contributed by atoms with Gasteiger partial charge in [0.05, 0.1) is 6.20 Å². The van der Waals surface area contributed by atoms with Crippen LogP contribution in [0.25, 0.3) is 11.4 Å². The highest BCUT2D eigenvalue weighted by molar-refractivity contribution is 5.93. The summed E-state index contributed by atoms with van der Waals surface area (Å²) in [6.07, 6.45) is 6.98. The molecule has 1 atom stereocenters. The molecule has 0 aliphatic carbocycles. The van der Waals surface area contributed by atoms with E-state index in [1.165, 1.54) is 18.6 Å². The van der Waals surface area contributed by atoms with Crippen LogP contribution in [0, 0.1) is 0 Å². The molecule has 94 valence electrons. The highest BCUT2D eigenvalue weighted by Gasteiger charge is 2.19. The molecule has 0 radical (unpaired) electrons. The molecule has 18 heavy (non-hydrogen) atoms. The predicted molar refractivity (Wildman–Crippen MR) is 65.2 cm³/mol. The first-order valence-corrected chi connectivity index (χ1v) is 5.72. The summed E-state index contributed by atoms with van der Waals surface area (Å²) >= 11 is 0. The maximum absolute atomic E-state index is 11.2. The molecule has 0 saturated heterocycles. The maximum atomic E-state index is 11.2. The molecular weight excluding hydrogens is 232 g/mol. The van der Waals surface area contributed by atoms with Gasteiger partial charge < -0.3 is 5.11 Å². The number of rotatable bonds is 4.